The third-order valence-electron chi connectivity index (χ3n) is 4.05. The molecule has 3 rings (SSSR count). The van der Waals surface area contributed by atoms with Crippen LogP contribution in [0, 0.1) is 0 Å². The van der Waals surface area contributed by atoms with Crippen LogP contribution in [0.3, 0.4) is 0 Å². The number of halogens is 2. The van der Waals surface area contributed by atoms with Gasteiger partial charge in [0.2, 0.25) is 5.91 Å². The van der Waals surface area contributed by atoms with Crippen molar-refractivity contribution in [3.63, 3.8) is 0 Å². The molecule has 1 aliphatic rings. The van der Waals surface area contributed by atoms with Crippen molar-refractivity contribution in [1.82, 2.24) is 10.6 Å². The van der Waals surface area contributed by atoms with Crippen molar-refractivity contribution in [2.45, 2.75) is 18.5 Å². The summed E-state index contributed by atoms with van der Waals surface area (Å²) in [7, 11) is 0. The van der Waals surface area contributed by atoms with Gasteiger partial charge in [-0.25, -0.2) is 0 Å². The van der Waals surface area contributed by atoms with E-state index >= 15 is 0 Å². The molecule has 2 N–H and O–H groups in total. The lowest BCUT2D eigenvalue weighted by Gasteiger charge is -2.25. The van der Waals surface area contributed by atoms with Gasteiger partial charge in [0.1, 0.15) is 0 Å². The van der Waals surface area contributed by atoms with E-state index in [4.69, 9.17) is 11.6 Å². The third kappa shape index (κ3) is 5.93. The van der Waals surface area contributed by atoms with Crippen LogP contribution in [-0.2, 0) is 4.79 Å². The molecule has 6 heteroatoms. The van der Waals surface area contributed by atoms with Gasteiger partial charge in [0.05, 0.1) is 6.04 Å². The summed E-state index contributed by atoms with van der Waals surface area (Å²) in [6, 6.07) is 17.7. The second kappa shape index (κ2) is 10.1. The number of hydrogen-bond acceptors (Lipinski definition) is 3. The van der Waals surface area contributed by atoms with Crippen LogP contribution in [0.1, 0.15) is 23.6 Å². The van der Waals surface area contributed by atoms with E-state index in [1.54, 1.807) is 0 Å². The summed E-state index contributed by atoms with van der Waals surface area (Å²) in [4.78, 5) is 12.6. The molecule has 2 aromatic rings. The van der Waals surface area contributed by atoms with E-state index in [0.717, 1.165) is 29.2 Å². The van der Waals surface area contributed by atoms with Crippen molar-refractivity contribution in [3.8, 4) is 0 Å². The Labute approximate surface area is 164 Å². The first-order valence-corrected chi connectivity index (χ1v) is 9.66. The maximum Gasteiger partial charge on any atom is 0.222 e. The lowest BCUT2D eigenvalue weighted by atomic mass is 9.98. The smallest absolute Gasteiger partial charge is 0.222 e. The van der Waals surface area contributed by atoms with E-state index in [2.05, 4.69) is 10.6 Å². The average molecular weight is 397 g/mol. The molecule has 2 atom stereocenters. The van der Waals surface area contributed by atoms with E-state index in [1.807, 2.05) is 66.4 Å². The molecule has 1 amide bonds. The minimum Gasteiger partial charge on any atom is -0.345 e. The summed E-state index contributed by atoms with van der Waals surface area (Å²) < 4.78 is 0. The lowest BCUT2D eigenvalue weighted by Crippen LogP contribution is -2.42. The zero-order valence-electron chi connectivity index (χ0n) is 13.8. The quantitative estimate of drug-likeness (QED) is 0.800. The van der Waals surface area contributed by atoms with E-state index in [1.165, 1.54) is 0 Å². The molecular weight excluding hydrogens is 375 g/mol. The maximum absolute atomic E-state index is 12.6. The van der Waals surface area contributed by atoms with Gasteiger partial charge in [-0.1, -0.05) is 54.1 Å². The molecule has 0 bridgehead atoms. The van der Waals surface area contributed by atoms with Crippen LogP contribution in [0.2, 0.25) is 5.02 Å². The van der Waals surface area contributed by atoms with Crippen molar-refractivity contribution in [2.75, 3.05) is 18.1 Å². The normalized spacial score (nSPS) is 18.0. The number of carbonyl (C=O) groups excluding carboxylic acids is 1. The lowest BCUT2D eigenvalue weighted by molar-refractivity contribution is -0.122. The Kier molecular flexibility index (Phi) is 8.10. The number of thioether (sulfide) groups is 1. The van der Waals surface area contributed by atoms with Gasteiger partial charge in [0.15, 0.2) is 0 Å². The van der Waals surface area contributed by atoms with Gasteiger partial charge in [-0.2, -0.15) is 11.8 Å². The second-order valence-corrected chi connectivity index (χ2v) is 7.48. The van der Waals surface area contributed by atoms with Gasteiger partial charge in [0.25, 0.3) is 0 Å². The highest BCUT2D eigenvalue weighted by Gasteiger charge is 2.21. The molecule has 0 spiro atoms. The molecule has 0 radical (unpaired) electrons. The molecule has 134 valence electrons. The Morgan fingerprint density at radius 2 is 1.96 bits per heavy atom. The number of hydrogen-bond donors (Lipinski definition) is 2. The summed E-state index contributed by atoms with van der Waals surface area (Å²) in [5, 5.41) is 7.26. The van der Waals surface area contributed by atoms with Crippen molar-refractivity contribution in [3.05, 3.63) is 70.7 Å². The average Bonchev–Trinajstić information content (AvgIpc) is 2.61. The number of carbonyl (C=O) groups is 1. The van der Waals surface area contributed by atoms with Gasteiger partial charge in [-0.15, -0.1) is 12.4 Å². The zero-order chi connectivity index (χ0) is 16.8. The van der Waals surface area contributed by atoms with Crippen molar-refractivity contribution < 1.29 is 4.79 Å². The summed E-state index contributed by atoms with van der Waals surface area (Å²) in [6.45, 7) is 0.971. The highest BCUT2D eigenvalue weighted by Crippen LogP contribution is 2.24. The molecule has 1 aliphatic heterocycles. The highest BCUT2D eigenvalue weighted by molar-refractivity contribution is 7.99. The Hall–Kier alpha value is -1.20. The fraction of sp³-hybridized carbons (Fsp3) is 0.316. The van der Waals surface area contributed by atoms with E-state index < -0.39 is 0 Å². The van der Waals surface area contributed by atoms with Crippen molar-refractivity contribution in [1.29, 1.82) is 0 Å². The van der Waals surface area contributed by atoms with Gasteiger partial charge in [0, 0.05) is 35.5 Å². The maximum atomic E-state index is 12.6. The molecule has 25 heavy (non-hydrogen) atoms. The molecular formula is C19H22Cl2N2OS. The Balaban J connectivity index is 0.00000225. The Bertz CT molecular complexity index is 678. The predicted molar refractivity (Wildman–Crippen MR) is 109 cm³/mol. The zero-order valence-corrected chi connectivity index (χ0v) is 16.2. The number of nitrogens with one attached hydrogen (secondary N) is 2. The summed E-state index contributed by atoms with van der Waals surface area (Å²) in [6.07, 6.45) is 0.497. The number of benzene rings is 2. The van der Waals surface area contributed by atoms with Gasteiger partial charge >= 0.3 is 0 Å². The van der Waals surface area contributed by atoms with Gasteiger partial charge < -0.3 is 10.6 Å². The van der Waals surface area contributed by atoms with Crippen molar-refractivity contribution in [2.24, 2.45) is 0 Å². The monoisotopic (exact) mass is 396 g/mol. The Morgan fingerprint density at radius 3 is 2.64 bits per heavy atom. The van der Waals surface area contributed by atoms with Crippen LogP contribution in [0.15, 0.2) is 54.6 Å². The largest absolute Gasteiger partial charge is 0.345 e. The fourth-order valence-corrected chi connectivity index (χ4v) is 4.03. The molecule has 1 heterocycles. The van der Waals surface area contributed by atoms with E-state index in [-0.39, 0.29) is 30.4 Å². The van der Waals surface area contributed by atoms with Crippen LogP contribution in [0.4, 0.5) is 0 Å². The van der Waals surface area contributed by atoms with Crippen LogP contribution >= 0.6 is 35.8 Å². The first-order chi connectivity index (χ1) is 11.7. The third-order valence-corrected chi connectivity index (χ3v) is 5.42. The predicted octanol–water partition coefficient (Wildman–Crippen LogP) is 4.06. The van der Waals surface area contributed by atoms with E-state index in [9.17, 15) is 4.79 Å². The van der Waals surface area contributed by atoms with Gasteiger partial charge in [-0.05, 0) is 23.3 Å². The van der Waals surface area contributed by atoms with Gasteiger partial charge in [-0.3, -0.25) is 4.79 Å². The second-order valence-electron chi connectivity index (χ2n) is 5.90. The Morgan fingerprint density at radius 1 is 1.20 bits per heavy atom. The molecule has 2 aromatic carbocycles. The summed E-state index contributed by atoms with van der Waals surface area (Å²) in [5.74, 6) is 2.16. The van der Waals surface area contributed by atoms with Crippen LogP contribution in [0.5, 0.6) is 0 Å². The van der Waals surface area contributed by atoms with E-state index in [0.29, 0.717) is 11.4 Å². The van der Waals surface area contributed by atoms with Crippen LogP contribution < -0.4 is 10.6 Å². The number of amides is 1. The molecule has 1 fully saturated rings. The number of rotatable bonds is 5. The standard InChI is InChI=1S/C19H21ClN2OS.ClH/c20-16-8-4-7-15(11-16)19(14-5-2-1-3-6-14)22-18(23)12-17-13-24-10-9-21-17;/h1-8,11,17,19,21H,9-10,12-13H2,(H,22,23);1H. The highest BCUT2D eigenvalue weighted by atomic mass is 35.5. The molecule has 1 saturated heterocycles. The molecule has 0 aliphatic carbocycles. The SMILES string of the molecule is Cl.O=C(CC1CSCCN1)NC(c1ccccc1)c1cccc(Cl)c1. The van der Waals surface area contributed by atoms with Crippen LogP contribution in [0.25, 0.3) is 0 Å². The minimum absolute atomic E-state index is 0. The van der Waals surface area contributed by atoms with Crippen LogP contribution in [-0.4, -0.2) is 30.0 Å². The van der Waals surface area contributed by atoms with Crippen molar-refractivity contribution >= 4 is 41.7 Å². The summed E-state index contributed by atoms with van der Waals surface area (Å²) >= 11 is 8.04. The topological polar surface area (TPSA) is 41.1 Å². The fourth-order valence-electron chi connectivity index (χ4n) is 2.89. The molecule has 0 aromatic heterocycles. The molecule has 0 saturated carbocycles. The first kappa shape index (κ1) is 20.1. The molecule has 2 unspecified atom stereocenters. The molecule has 3 nitrogen and oxygen atoms in total. The summed E-state index contributed by atoms with van der Waals surface area (Å²) in [5.41, 5.74) is 2.05. The minimum atomic E-state index is -0.186. The first-order valence-electron chi connectivity index (χ1n) is 8.13.